The quantitative estimate of drug-likeness (QED) is 0.927. The molecule has 1 aliphatic heterocycles. The zero-order valence-electron chi connectivity index (χ0n) is 14.6. The molecule has 0 atom stereocenters. The van der Waals surface area contributed by atoms with Crippen molar-refractivity contribution in [2.24, 2.45) is 11.3 Å². The van der Waals surface area contributed by atoms with Crippen molar-refractivity contribution >= 4 is 17.3 Å². The lowest BCUT2D eigenvalue weighted by atomic mass is 9.95. The highest BCUT2D eigenvalue weighted by atomic mass is 16.2. The van der Waals surface area contributed by atoms with Crippen molar-refractivity contribution in [3.8, 4) is 0 Å². The van der Waals surface area contributed by atoms with Gasteiger partial charge in [-0.2, -0.15) is 0 Å². The van der Waals surface area contributed by atoms with Crippen molar-refractivity contribution in [2.45, 2.75) is 33.6 Å². The number of carbonyl (C=O) groups excluding carboxylic acids is 1. The van der Waals surface area contributed by atoms with Crippen molar-refractivity contribution < 1.29 is 4.79 Å². The van der Waals surface area contributed by atoms with Gasteiger partial charge < -0.3 is 10.2 Å². The van der Waals surface area contributed by atoms with E-state index in [1.165, 1.54) is 25.1 Å². The maximum absolute atomic E-state index is 12.1. The Morgan fingerprint density at radius 3 is 2.48 bits per heavy atom. The molecule has 0 bridgehead atoms. The summed E-state index contributed by atoms with van der Waals surface area (Å²) in [5, 5.41) is 3.03. The first-order valence-electron chi connectivity index (χ1n) is 8.80. The van der Waals surface area contributed by atoms with Crippen molar-refractivity contribution in [2.75, 3.05) is 42.9 Å². The highest BCUT2D eigenvalue weighted by molar-refractivity contribution is 5.94. The maximum atomic E-state index is 12.1. The SMILES string of the molecule is CC(C)(C)C(=O)Nc1cccc(N2CCN(CC3CC3)CC2)c1. The molecule has 23 heavy (non-hydrogen) atoms. The molecule has 1 aromatic rings. The Balaban J connectivity index is 1.58. The predicted molar refractivity (Wildman–Crippen MR) is 95.9 cm³/mol. The number of amides is 1. The minimum absolute atomic E-state index is 0.0592. The summed E-state index contributed by atoms with van der Waals surface area (Å²) in [5.74, 6) is 1.03. The topological polar surface area (TPSA) is 35.6 Å². The number of hydrogen-bond donors (Lipinski definition) is 1. The highest BCUT2D eigenvalue weighted by Gasteiger charge is 2.26. The molecule has 1 N–H and O–H groups in total. The Morgan fingerprint density at radius 1 is 1.17 bits per heavy atom. The largest absolute Gasteiger partial charge is 0.369 e. The Bertz CT molecular complexity index is 552. The Morgan fingerprint density at radius 2 is 1.87 bits per heavy atom. The summed E-state index contributed by atoms with van der Waals surface area (Å²) in [6.45, 7) is 11.5. The van der Waals surface area contributed by atoms with Crippen LogP contribution in [0.15, 0.2) is 24.3 Å². The van der Waals surface area contributed by atoms with Crippen LogP contribution in [0.25, 0.3) is 0 Å². The van der Waals surface area contributed by atoms with Gasteiger partial charge in [0.25, 0.3) is 0 Å². The summed E-state index contributed by atoms with van der Waals surface area (Å²) >= 11 is 0. The number of hydrogen-bond acceptors (Lipinski definition) is 3. The Labute approximate surface area is 139 Å². The Hall–Kier alpha value is -1.55. The molecular formula is C19H29N3O. The number of nitrogens with zero attached hydrogens (tertiary/aromatic N) is 2. The van der Waals surface area contributed by atoms with Gasteiger partial charge in [-0.15, -0.1) is 0 Å². The average molecular weight is 315 g/mol. The molecule has 0 radical (unpaired) electrons. The lowest BCUT2D eigenvalue weighted by Crippen LogP contribution is -2.47. The van der Waals surface area contributed by atoms with Gasteiger partial charge in [0, 0.05) is 49.5 Å². The summed E-state index contributed by atoms with van der Waals surface area (Å²) in [7, 11) is 0. The second-order valence-corrected chi connectivity index (χ2v) is 7.99. The van der Waals surface area contributed by atoms with Gasteiger partial charge in [-0.3, -0.25) is 9.69 Å². The van der Waals surface area contributed by atoms with Gasteiger partial charge in [-0.05, 0) is 37.0 Å². The lowest BCUT2D eigenvalue weighted by Gasteiger charge is -2.36. The first-order chi connectivity index (χ1) is 10.9. The molecule has 1 heterocycles. The van der Waals surface area contributed by atoms with Crippen molar-refractivity contribution in [3.63, 3.8) is 0 Å². The van der Waals surface area contributed by atoms with E-state index in [4.69, 9.17) is 0 Å². The summed E-state index contributed by atoms with van der Waals surface area (Å²) in [4.78, 5) is 17.2. The van der Waals surface area contributed by atoms with Gasteiger partial charge in [-0.1, -0.05) is 26.8 Å². The number of carbonyl (C=O) groups is 1. The van der Waals surface area contributed by atoms with Gasteiger partial charge in [0.1, 0.15) is 0 Å². The van der Waals surface area contributed by atoms with E-state index in [1.54, 1.807) is 0 Å². The molecule has 1 saturated heterocycles. The van der Waals surface area contributed by atoms with Crippen LogP contribution in [0.1, 0.15) is 33.6 Å². The summed E-state index contributed by atoms with van der Waals surface area (Å²) in [5.41, 5.74) is 1.73. The third-order valence-electron chi connectivity index (χ3n) is 4.74. The fourth-order valence-corrected chi connectivity index (χ4v) is 2.95. The van der Waals surface area contributed by atoms with Gasteiger partial charge in [0.05, 0.1) is 0 Å². The van der Waals surface area contributed by atoms with E-state index in [9.17, 15) is 4.79 Å². The number of anilines is 2. The number of nitrogens with one attached hydrogen (secondary N) is 1. The summed E-state index contributed by atoms with van der Waals surface area (Å²) < 4.78 is 0. The second-order valence-electron chi connectivity index (χ2n) is 7.99. The molecule has 1 amide bonds. The van der Waals surface area contributed by atoms with E-state index in [0.717, 1.165) is 37.8 Å². The molecule has 126 valence electrons. The van der Waals surface area contributed by atoms with Gasteiger partial charge >= 0.3 is 0 Å². The fraction of sp³-hybridized carbons (Fsp3) is 0.632. The third kappa shape index (κ3) is 4.47. The molecule has 1 aliphatic carbocycles. The van der Waals surface area contributed by atoms with Crippen LogP contribution >= 0.6 is 0 Å². The molecule has 2 fully saturated rings. The fourth-order valence-electron chi connectivity index (χ4n) is 2.95. The molecular weight excluding hydrogens is 286 g/mol. The maximum Gasteiger partial charge on any atom is 0.229 e. The van der Waals surface area contributed by atoms with Crippen LogP contribution in [0.5, 0.6) is 0 Å². The van der Waals surface area contributed by atoms with Crippen LogP contribution in [0.2, 0.25) is 0 Å². The monoisotopic (exact) mass is 315 g/mol. The zero-order chi connectivity index (χ0) is 16.4. The van der Waals surface area contributed by atoms with Crippen LogP contribution in [0, 0.1) is 11.3 Å². The molecule has 4 heteroatoms. The van der Waals surface area contributed by atoms with E-state index in [2.05, 4.69) is 27.2 Å². The van der Waals surface area contributed by atoms with Crippen LogP contribution in [0.3, 0.4) is 0 Å². The predicted octanol–water partition coefficient (Wildman–Crippen LogP) is 3.20. The molecule has 0 spiro atoms. The highest BCUT2D eigenvalue weighted by Crippen LogP contribution is 2.30. The second kappa shape index (κ2) is 6.52. The number of piperazine rings is 1. The summed E-state index contributed by atoms with van der Waals surface area (Å²) in [6.07, 6.45) is 2.85. The van der Waals surface area contributed by atoms with Crippen molar-refractivity contribution in [3.05, 3.63) is 24.3 Å². The van der Waals surface area contributed by atoms with Gasteiger partial charge in [0.2, 0.25) is 5.91 Å². The molecule has 0 unspecified atom stereocenters. The van der Waals surface area contributed by atoms with Gasteiger partial charge in [-0.25, -0.2) is 0 Å². The van der Waals surface area contributed by atoms with E-state index in [1.807, 2.05) is 32.9 Å². The standard InChI is InChI=1S/C19H29N3O/c1-19(2,3)18(23)20-16-5-4-6-17(13-16)22-11-9-21(10-12-22)14-15-7-8-15/h4-6,13,15H,7-12,14H2,1-3H3,(H,20,23). The smallest absolute Gasteiger partial charge is 0.229 e. The average Bonchev–Trinajstić information content (AvgIpc) is 3.31. The number of benzene rings is 1. The van der Waals surface area contributed by atoms with Crippen LogP contribution < -0.4 is 10.2 Å². The zero-order valence-corrected chi connectivity index (χ0v) is 14.6. The molecule has 4 nitrogen and oxygen atoms in total. The molecule has 1 aromatic carbocycles. The van der Waals surface area contributed by atoms with Crippen LogP contribution in [0.4, 0.5) is 11.4 Å². The van der Waals surface area contributed by atoms with Gasteiger partial charge in [0.15, 0.2) is 0 Å². The van der Waals surface area contributed by atoms with Crippen molar-refractivity contribution in [1.29, 1.82) is 0 Å². The number of rotatable bonds is 4. The molecule has 2 aliphatic rings. The van der Waals surface area contributed by atoms with Crippen LogP contribution in [-0.4, -0.2) is 43.5 Å². The molecule has 0 aromatic heterocycles. The molecule has 1 saturated carbocycles. The van der Waals surface area contributed by atoms with E-state index < -0.39 is 0 Å². The third-order valence-corrected chi connectivity index (χ3v) is 4.74. The first-order valence-corrected chi connectivity index (χ1v) is 8.80. The van der Waals surface area contributed by atoms with Crippen LogP contribution in [-0.2, 0) is 4.79 Å². The van der Waals surface area contributed by atoms with E-state index in [0.29, 0.717) is 0 Å². The minimum atomic E-state index is -0.371. The normalized spacial score (nSPS) is 19.7. The Kier molecular flexibility index (Phi) is 4.62. The van der Waals surface area contributed by atoms with Crippen molar-refractivity contribution in [1.82, 2.24) is 4.90 Å². The molecule has 3 rings (SSSR count). The van der Waals surface area contributed by atoms with E-state index >= 15 is 0 Å². The summed E-state index contributed by atoms with van der Waals surface area (Å²) in [6, 6.07) is 8.24. The van der Waals surface area contributed by atoms with E-state index in [-0.39, 0.29) is 11.3 Å². The first kappa shape index (κ1) is 16.3. The lowest BCUT2D eigenvalue weighted by molar-refractivity contribution is -0.123. The minimum Gasteiger partial charge on any atom is -0.369 e.